The van der Waals surface area contributed by atoms with Crippen LogP contribution in [-0.4, -0.2) is 22.4 Å². The quantitative estimate of drug-likeness (QED) is 0.763. The van der Waals surface area contributed by atoms with Gasteiger partial charge in [0.15, 0.2) is 0 Å². The zero-order chi connectivity index (χ0) is 12.9. The SMILES string of the molecule is C=CC(C)(O)C=CC12OC(CC1C)CC2(C)C. The topological polar surface area (TPSA) is 29.5 Å². The normalized spacial score (nSPS) is 42.9. The maximum Gasteiger partial charge on any atom is 0.0978 e. The Bertz CT molecular complexity index is 354. The number of ether oxygens (including phenoxy) is 1. The van der Waals surface area contributed by atoms with E-state index in [4.69, 9.17) is 4.74 Å². The minimum absolute atomic E-state index is 0.142. The highest BCUT2D eigenvalue weighted by molar-refractivity contribution is 5.23. The van der Waals surface area contributed by atoms with Gasteiger partial charge in [-0.2, -0.15) is 0 Å². The van der Waals surface area contributed by atoms with Gasteiger partial charge in [-0.25, -0.2) is 0 Å². The summed E-state index contributed by atoms with van der Waals surface area (Å²) in [6.45, 7) is 12.2. The lowest BCUT2D eigenvalue weighted by molar-refractivity contribution is -0.0183. The third-order valence-corrected chi connectivity index (χ3v) is 4.59. The average molecular weight is 236 g/mol. The monoisotopic (exact) mass is 236 g/mol. The molecule has 4 unspecified atom stereocenters. The lowest BCUT2D eigenvalue weighted by atomic mass is 9.63. The van der Waals surface area contributed by atoms with E-state index in [1.807, 2.05) is 6.08 Å². The van der Waals surface area contributed by atoms with Crippen LogP contribution in [0.15, 0.2) is 24.8 Å². The van der Waals surface area contributed by atoms with Crippen LogP contribution in [0.1, 0.15) is 40.5 Å². The van der Waals surface area contributed by atoms with Crippen molar-refractivity contribution in [1.29, 1.82) is 0 Å². The molecule has 2 bridgehead atoms. The smallest absolute Gasteiger partial charge is 0.0978 e. The lowest BCUT2D eigenvalue weighted by Gasteiger charge is -2.41. The number of fused-ring (bicyclic) bond motifs is 2. The van der Waals surface area contributed by atoms with Gasteiger partial charge < -0.3 is 9.84 Å². The van der Waals surface area contributed by atoms with Crippen molar-refractivity contribution in [2.75, 3.05) is 0 Å². The van der Waals surface area contributed by atoms with Gasteiger partial charge in [0.1, 0.15) is 0 Å². The van der Waals surface area contributed by atoms with Crippen molar-refractivity contribution in [3.8, 4) is 0 Å². The summed E-state index contributed by atoms with van der Waals surface area (Å²) in [5.41, 5.74) is -1.03. The Morgan fingerprint density at radius 3 is 2.59 bits per heavy atom. The second-order valence-corrected chi connectivity index (χ2v) is 6.52. The fourth-order valence-electron chi connectivity index (χ4n) is 3.48. The molecule has 2 saturated heterocycles. The molecule has 1 N–H and O–H groups in total. The van der Waals surface area contributed by atoms with E-state index in [0.29, 0.717) is 12.0 Å². The highest BCUT2D eigenvalue weighted by Gasteiger charge is 2.60. The van der Waals surface area contributed by atoms with Crippen molar-refractivity contribution in [2.45, 2.75) is 57.8 Å². The first-order chi connectivity index (χ1) is 7.72. The van der Waals surface area contributed by atoms with E-state index in [0.717, 1.165) is 12.8 Å². The first-order valence-electron chi connectivity index (χ1n) is 6.47. The van der Waals surface area contributed by atoms with Gasteiger partial charge in [-0.1, -0.05) is 45.6 Å². The lowest BCUT2D eigenvalue weighted by Crippen LogP contribution is -2.45. The van der Waals surface area contributed by atoms with E-state index in [-0.39, 0.29) is 11.0 Å². The number of hydrogen-bond donors (Lipinski definition) is 1. The van der Waals surface area contributed by atoms with E-state index >= 15 is 0 Å². The first-order valence-corrected chi connectivity index (χ1v) is 6.47. The molecule has 0 spiro atoms. The maximum atomic E-state index is 10.0. The molecule has 96 valence electrons. The number of rotatable bonds is 3. The first kappa shape index (κ1) is 12.8. The number of aliphatic hydroxyl groups is 1. The van der Waals surface area contributed by atoms with Crippen LogP contribution in [0.4, 0.5) is 0 Å². The Labute approximate surface area is 104 Å². The van der Waals surface area contributed by atoms with Crippen molar-refractivity contribution < 1.29 is 9.84 Å². The molecule has 2 nitrogen and oxygen atoms in total. The van der Waals surface area contributed by atoms with Crippen LogP contribution in [-0.2, 0) is 4.74 Å². The van der Waals surface area contributed by atoms with Crippen LogP contribution >= 0.6 is 0 Å². The molecule has 2 fully saturated rings. The second-order valence-electron chi connectivity index (χ2n) is 6.52. The fourth-order valence-corrected chi connectivity index (χ4v) is 3.48. The van der Waals surface area contributed by atoms with Crippen LogP contribution in [0, 0.1) is 11.3 Å². The van der Waals surface area contributed by atoms with Gasteiger partial charge in [0, 0.05) is 5.41 Å². The molecule has 0 aromatic carbocycles. The van der Waals surface area contributed by atoms with E-state index in [1.54, 1.807) is 13.0 Å². The molecule has 0 saturated carbocycles. The Morgan fingerprint density at radius 1 is 1.47 bits per heavy atom. The molecule has 2 heterocycles. The maximum absolute atomic E-state index is 10.0. The van der Waals surface area contributed by atoms with Crippen LogP contribution in [0.3, 0.4) is 0 Å². The molecule has 0 aromatic heterocycles. The van der Waals surface area contributed by atoms with Gasteiger partial charge in [0.05, 0.1) is 17.3 Å². The molecule has 0 aromatic rings. The van der Waals surface area contributed by atoms with E-state index in [9.17, 15) is 5.11 Å². The second kappa shape index (κ2) is 3.69. The predicted octanol–water partition coefficient (Wildman–Crippen LogP) is 3.07. The number of hydrogen-bond acceptors (Lipinski definition) is 2. The summed E-state index contributed by atoms with van der Waals surface area (Å²) in [6.07, 6.45) is 8.08. The molecule has 2 aliphatic rings. The largest absolute Gasteiger partial charge is 0.382 e. The van der Waals surface area contributed by atoms with Gasteiger partial charge in [-0.15, -0.1) is 0 Å². The Balaban J connectivity index is 2.31. The van der Waals surface area contributed by atoms with Gasteiger partial charge in [-0.05, 0) is 25.7 Å². The van der Waals surface area contributed by atoms with Crippen LogP contribution in [0.25, 0.3) is 0 Å². The van der Waals surface area contributed by atoms with E-state index < -0.39 is 5.60 Å². The third-order valence-electron chi connectivity index (χ3n) is 4.59. The minimum atomic E-state index is -0.950. The molecule has 4 atom stereocenters. The zero-order valence-corrected chi connectivity index (χ0v) is 11.4. The van der Waals surface area contributed by atoms with Crippen LogP contribution < -0.4 is 0 Å². The Kier molecular flexibility index (Phi) is 2.79. The molecule has 0 amide bonds. The summed E-state index contributed by atoms with van der Waals surface area (Å²) in [5.74, 6) is 0.508. The highest BCUT2D eigenvalue weighted by atomic mass is 16.5. The summed E-state index contributed by atoms with van der Waals surface area (Å²) >= 11 is 0. The minimum Gasteiger partial charge on any atom is -0.382 e. The summed E-state index contributed by atoms with van der Waals surface area (Å²) < 4.78 is 6.20. The third kappa shape index (κ3) is 1.88. The van der Waals surface area contributed by atoms with E-state index in [2.05, 4.69) is 33.4 Å². The predicted molar refractivity (Wildman–Crippen MR) is 69.7 cm³/mol. The summed E-state index contributed by atoms with van der Waals surface area (Å²) in [7, 11) is 0. The van der Waals surface area contributed by atoms with Gasteiger partial charge in [0.25, 0.3) is 0 Å². The average Bonchev–Trinajstić information content (AvgIpc) is 2.64. The van der Waals surface area contributed by atoms with Crippen molar-refractivity contribution in [1.82, 2.24) is 0 Å². The molecular formula is C15H24O2. The summed E-state index contributed by atoms with van der Waals surface area (Å²) in [4.78, 5) is 0. The van der Waals surface area contributed by atoms with Crippen LogP contribution in [0.5, 0.6) is 0 Å². The van der Waals surface area contributed by atoms with Crippen LogP contribution in [0.2, 0.25) is 0 Å². The molecule has 2 heteroatoms. The molecule has 2 aliphatic heterocycles. The standard InChI is InChI=1S/C15H24O2/c1-6-14(5,16)7-8-15-11(2)9-12(17-15)10-13(15,3)4/h6-8,11-12,16H,1,9-10H2,2-5H3. The van der Waals surface area contributed by atoms with Gasteiger partial charge in [-0.3, -0.25) is 0 Å². The van der Waals surface area contributed by atoms with E-state index in [1.165, 1.54) is 0 Å². The molecule has 17 heavy (non-hydrogen) atoms. The summed E-state index contributed by atoms with van der Waals surface area (Å²) in [5, 5.41) is 10.0. The Morgan fingerprint density at radius 2 is 2.12 bits per heavy atom. The van der Waals surface area contributed by atoms with Crippen molar-refractivity contribution >= 4 is 0 Å². The van der Waals surface area contributed by atoms with Crippen molar-refractivity contribution in [3.63, 3.8) is 0 Å². The van der Waals surface area contributed by atoms with Crippen molar-refractivity contribution in [2.24, 2.45) is 11.3 Å². The molecular weight excluding hydrogens is 212 g/mol. The molecule has 0 radical (unpaired) electrons. The Hall–Kier alpha value is -0.600. The van der Waals surface area contributed by atoms with Crippen molar-refractivity contribution in [3.05, 3.63) is 24.8 Å². The zero-order valence-electron chi connectivity index (χ0n) is 11.4. The fraction of sp³-hybridized carbons (Fsp3) is 0.733. The van der Waals surface area contributed by atoms with Gasteiger partial charge >= 0.3 is 0 Å². The summed E-state index contributed by atoms with van der Waals surface area (Å²) in [6, 6.07) is 0. The molecule has 0 aliphatic carbocycles. The molecule has 2 rings (SSSR count). The van der Waals surface area contributed by atoms with Gasteiger partial charge in [0.2, 0.25) is 0 Å². The highest BCUT2D eigenvalue weighted by Crippen LogP contribution is 2.58.